The minimum absolute atomic E-state index is 0.397. The van der Waals surface area contributed by atoms with Gasteiger partial charge in [-0.2, -0.15) is 4.98 Å². The molecule has 0 spiro atoms. The van der Waals surface area contributed by atoms with Crippen molar-refractivity contribution in [3.05, 3.63) is 11.4 Å². The summed E-state index contributed by atoms with van der Waals surface area (Å²) in [5.74, 6) is 0.736. The van der Waals surface area contributed by atoms with Gasteiger partial charge in [0.1, 0.15) is 0 Å². The van der Waals surface area contributed by atoms with Gasteiger partial charge >= 0.3 is 6.01 Å². The van der Waals surface area contributed by atoms with E-state index in [4.69, 9.17) is 4.74 Å². The van der Waals surface area contributed by atoms with Gasteiger partial charge in [-0.25, -0.2) is 0 Å². The molecule has 0 aromatic carbocycles. The highest BCUT2D eigenvalue weighted by atomic mass is 16.5. The molecule has 16 heavy (non-hydrogen) atoms. The summed E-state index contributed by atoms with van der Waals surface area (Å²) in [4.78, 5) is 4.23. The lowest BCUT2D eigenvalue weighted by atomic mass is 10.1. The number of aromatic nitrogens is 3. The van der Waals surface area contributed by atoms with Gasteiger partial charge in [-0.15, -0.1) is 5.10 Å². The second-order valence-electron chi connectivity index (χ2n) is 4.26. The van der Waals surface area contributed by atoms with Crippen LogP contribution in [-0.2, 0) is 0 Å². The largest absolute Gasteiger partial charge is 0.462 e. The van der Waals surface area contributed by atoms with Gasteiger partial charge < -0.3 is 10.1 Å². The van der Waals surface area contributed by atoms with Gasteiger partial charge in [-0.1, -0.05) is 5.10 Å². The van der Waals surface area contributed by atoms with Crippen LogP contribution < -0.4 is 10.1 Å². The Kier molecular flexibility index (Phi) is 3.66. The molecule has 0 radical (unpaired) electrons. The number of nitrogens with zero attached hydrogens (tertiary/aromatic N) is 3. The number of ether oxygens (including phenoxy) is 1. The van der Waals surface area contributed by atoms with Gasteiger partial charge in [0.25, 0.3) is 0 Å². The topological polar surface area (TPSA) is 59.9 Å². The fourth-order valence-electron chi connectivity index (χ4n) is 1.78. The van der Waals surface area contributed by atoms with Crippen molar-refractivity contribution in [2.75, 3.05) is 19.7 Å². The van der Waals surface area contributed by atoms with Gasteiger partial charge in [0.05, 0.1) is 18.0 Å². The predicted molar refractivity (Wildman–Crippen MR) is 60.4 cm³/mol. The highest BCUT2D eigenvalue weighted by molar-refractivity contribution is 5.07. The first kappa shape index (κ1) is 11.3. The summed E-state index contributed by atoms with van der Waals surface area (Å²) >= 11 is 0. The molecule has 1 saturated heterocycles. The van der Waals surface area contributed by atoms with Crippen LogP contribution in [0.25, 0.3) is 0 Å². The summed E-state index contributed by atoms with van der Waals surface area (Å²) in [6, 6.07) is 0.397. The van der Waals surface area contributed by atoms with E-state index in [9.17, 15) is 0 Å². The summed E-state index contributed by atoms with van der Waals surface area (Å²) in [7, 11) is 0. The van der Waals surface area contributed by atoms with Crippen molar-refractivity contribution in [3.8, 4) is 6.01 Å². The van der Waals surface area contributed by atoms with Crippen molar-refractivity contribution in [2.45, 2.75) is 26.7 Å². The third-order valence-electron chi connectivity index (χ3n) is 2.99. The van der Waals surface area contributed by atoms with Crippen molar-refractivity contribution in [1.29, 1.82) is 0 Å². The van der Waals surface area contributed by atoms with Crippen molar-refractivity contribution in [3.63, 3.8) is 0 Å². The fourth-order valence-corrected chi connectivity index (χ4v) is 1.78. The normalized spacial score (nSPS) is 20.0. The average molecular weight is 222 g/mol. The molecule has 5 nitrogen and oxygen atoms in total. The molecule has 2 rings (SSSR count). The molecule has 1 aliphatic rings. The molecule has 88 valence electrons. The lowest BCUT2D eigenvalue weighted by Crippen LogP contribution is -2.12. The molecule has 2 heterocycles. The van der Waals surface area contributed by atoms with E-state index in [1.54, 1.807) is 0 Å². The number of nitrogens with one attached hydrogen (secondary N) is 1. The molecule has 1 aromatic rings. The maximum Gasteiger partial charge on any atom is 0.335 e. The van der Waals surface area contributed by atoms with Crippen LogP contribution in [0, 0.1) is 19.8 Å². The van der Waals surface area contributed by atoms with Crippen molar-refractivity contribution >= 4 is 0 Å². The van der Waals surface area contributed by atoms with E-state index in [2.05, 4.69) is 20.5 Å². The molecule has 0 saturated carbocycles. The van der Waals surface area contributed by atoms with E-state index >= 15 is 0 Å². The Balaban J connectivity index is 1.78. The first-order valence-corrected chi connectivity index (χ1v) is 5.77. The van der Waals surface area contributed by atoms with Crippen LogP contribution >= 0.6 is 0 Å². The Bertz CT molecular complexity index is 350. The Hall–Kier alpha value is -1.23. The monoisotopic (exact) mass is 222 g/mol. The summed E-state index contributed by atoms with van der Waals surface area (Å²) < 4.78 is 5.49. The van der Waals surface area contributed by atoms with Gasteiger partial charge in [0.15, 0.2) is 0 Å². The Morgan fingerprint density at radius 2 is 2.19 bits per heavy atom. The molecule has 1 atom stereocenters. The Morgan fingerprint density at radius 1 is 1.31 bits per heavy atom. The lowest BCUT2D eigenvalue weighted by Gasteiger charge is -2.08. The maximum atomic E-state index is 5.49. The third-order valence-corrected chi connectivity index (χ3v) is 2.99. The SMILES string of the molecule is Cc1nnc(OCCC2CCNC2)nc1C. The molecule has 0 aliphatic carbocycles. The van der Waals surface area contributed by atoms with Gasteiger partial charge in [-0.05, 0) is 45.7 Å². The smallest absolute Gasteiger partial charge is 0.335 e. The van der Waals surface area contributed by atoms with Crippen LogP contribution in [0.15, 0.2) is 0 Å². The zero-order valence-electron chi connectivity index (χ0n) is 9.86. The van der Waals surface area contributed by atoms with Crippen LogP contribution in [0.1, 0.15) is 24.2 Å². The Morgan fingerprint density at radius 3 is 2.88 bits per heavy atom. The Labute approximate surface area is 95.6 Å². The van der Waals surface area contributed by atoms with Crippen molar-refractivity contribution < 1.29 is 4.74 Å². The minimum atomic E-state index is 0.397. The number of hydrogen-bond donors (Lipinski definition) is 1. The van der Waals surface area contributed by atoms with E-state index < -0.39 is 0 Å². The van der Waals surface area contributed by atoms with E-state index in [1.807, 2.05) is 13.8 Å². The summed E-state index contributed by atoms with van der Waals surface area (Å²) in [5, 5.41) is 11.2. The predicted octanol–water partition coefficient (Wildman–Crippen LogP) is 0.867. The van der Waals surface area contributed by atoms with Crippen molar-refractivity contribution in [2.24, 2.45) is 5.92 Å². The standard InChI is InChI=1S/C11H18N4O/c1-8-9(2)14-15-11(13-8)16-6-4-10-3-5-12-7-10/h10,12H,3-7H2,1-2H3. The number of rotatable bonds is 4. The summed E-state index contributed by atoms with van der Waals surface area (Å²) in [5.41, 5.74) is 1.74. The average Bonchev–Trinajstić information content (AvgIpc) is 2.76. The zero-order chi connectivity index (χ0) is 11.4. The molecule has 5 heteroatoms. The maximum absolute atomic E-state index is 5.49. The molecular weight excluding hydrogens is 204 g/mol. The number of aryl methyl sites for hydroxylation is 2. The summed E-state index contributed by atoms with van der Waals surface area (Å²) in [6.45, 7) is 6.72. The molecule has 0 amide bonds. The zero-order valence-corrected chi connectivity index (χ0v) is 9.86. The van der Waals surface area contributed by atoms with Crippen LogP contribution in [0.5, 0.6) is 6.01 Å². The quantitative estimate of drug-likeness (QED) is 0.819. The van der Waals surface area contributed by atoms with Crippen LogP contribution in [-0.4, -0.2) is 34.9 Å². The van der Waals surface area contributed by atoms with E-state index in [0.717, 1.165) is 36.8 Å². The molecule has 0 bridgehead atoms. The first-order valence-electron chi connectivity index (χ1n) is 5.77. The summed E-state index contributed by atoms with van der Waals surface area (Å²) in [6.07, 6.45) is 2.30. The van der Waals surface area contributed by atoms with Gasteiger partial charge in [0.2, 0.25) is 0 Å². The highest BCUT2D eigenvalue weighted by Crippen LogP contribution is 2.12. The van der Waals surface area contributed by atoms with E-state index in [-0.39, 0.29) is 0 Å². The minimum Gasteiger partial charge on any atom is -0.462 e. The van der Waals surface area contributed by atoms with Crippen molar-refractivity contribution in [1.82, 2.24) is 20.5 Å². The second kappa shape index (κ2) is 5.21. The van der Waals surface area contributed by atoms with Gasteiger partial charge in [0, 0.05) is 0 Å². The molecular formula is C11H18N4O. The molecule has 1 aliphatic heterocycles. The van der Waals surface area contributed by atoms with Crippen LogP contribution in [0.3, 0.4) is 0 Å². The van der Waals surface area contributed by atoms with Gasteiger partial charge in [-0.3, -0.25) is 0 Å². The van der Waals surface area contributed by atoms with Crippen LogP contribution in [0.4, 0.5) is 0 Å². The lowest BCUT2D eigenvalue weighted by molar-refractivity contribution is 0.259. The molecule has 1 unspecified atom stereocenters. The van der Waals surface area contributed by atoms with E-state index in [1.165, 1.54) is 6.42 Å². The second-order valence-corrected chi connectivity index (χ2v) is 4.26. The molecule has 1 aromatic heterocycles. The van der Waals surface area contributed by atoms with E-state index in [0.29, 0.717) is 12.6 Å². The fraction of sp³-hybridized carbons (Fsp3) is 0.727. The third kappa shape index (κ3) is 2.88. The molecule has 1 fully saturated rings. The molecule has 1 N–H and O–H groups in total. The first-order chi connectivity index (χ1) is 7.75. The van der Waals surface area contributed by atoms with Crippen LogP contribution in [0.2, 0.25) is 0 Å². The highest BCUT2D eigenvalue weighted by Gasteiger charge is 2.14. The number of hydrogen-bond acceptors (Lipinski definition) is 5.